The Morgan fingerprint density at radius 1 is 1.24 bits per heavy atom. The fraction of sp³-hybridized carbons (Fsp3) is 0.370. The number of methoxy groups -OCH3 is 1. The lowest BCUT2D eigenvalue weighted by atomic mass is 9.77. The Labute approximate surface area is 217 Å². The first-order valence-electron chi connectivity index (χ1n) is 11.0. The van der Waals surface area contributed by atoms with Crippen LogP contribution in [0, 0.1) is 38.9 Å². The van der Waals surface area contributed by atoms with E-state index in [9.17, 15) is 4.39 Å². The largest absolute Gasteiger partial charge is 0.496 e. The topological polar surface area (TPSA) is 48.1 Å². The van der Waals surface area contributed by atoms with E-state index in [2.05, 4.69) is 12.8 Å². The number of rotatable bonds is 8. The summed E-state index contributed by atoms with van der Waals surface area (Å²) in [5.41, 5.74) is 9.65. The molecule has 3 aromatic rings. The zero-order valence-corrected chi connectivity index (χ0v) is 22.6. The molecule has 0 aliphatic heterocycles. The summed E-state index contributed by atoms with van der Waals surface area (Å²) in [6, 6.07) is 9.01. The molecule has 2 aromatic carbocycles. The highest BCUT2D eigenvalue weighted by molar-refractivity contribution is 7.12. The molecular formula is C27H31Cl2FN2OS. The van der Waals surface area contributed by atoms with Crippen molar-refractivity contribution in [2.75, 3.05) is 7.11 Å². The van der Waals surface area contributed by atoms with Gasteiger partial charge in [-0.25, -0.2) is 9.37 Å². The van der Waals surface area contributed by atoms with Gasteiger partial charge in [0.1, 0.15) is 22.1 Å². The van der Waals surface area contributed by atoms with Crippen molar-refractivity contribution in [3.63, 3.8) is 0 Å². The van der Waals surface area contributed by atoms with E-state index in [0.29, 0.717) is 15.6 Å². The van der Waals surface area contributed by atoms with E-state index >= 15 is 0 Å². The number of unbranched alkanes of at least 4 members (excludes halogenated alkanes) is 1. The monoisotopic (exact) mass is 520 g/mol. The van der Waals surface area contributed by atoms with Gasteiger partial charge >= 0.3 is 0 Å². The van der Waals surface area contributed by atoms with Crippen LogP contribution >= 0.6 is 35.3 Å². The fourth-order valence-corrected chi connectivity index (χ4v) is 5.38. The minimum absolute atomic E-state index is 0. The molecule has 1 unspecified atom stereocenters. The summed E-state index contributed by atoms with van der Waals surface area (Å²) in [6.07, 6.45) is 8.69. The number of hydrogen-bond acceptors (Lipinski definition) is 4. The van der Waals surface area contributed by atoms with Crippen LogP contribution in [0.1, 0.15) is 58.7 Å². The van der Waals surface area contributed by atoms with Crippen molar-refractivity contribution in [3.8, 4) is 29.4 Å². The fourth-order valence-electron chi connectivity index (χ4n) is 4.09. The van der Waals surface area contributed by atoms with Gasteiger partial charge in [-0.15, -0.1) is 30.2 Å². The summed E-state index contributed by atoms with van der Waals surface area (Å²) in [4.78, 5) is 5.87. The lowest BCUT2D eigenvalue weighted by molar-refractivity contribution is 0.411. The first-order chi connectivity index (χ1) is 15.7. The Bertz CT molecular complexity index is 1200. The van der Waals surface area contributed by atoms with Crippen molar-refractivity contribution in [3.05, 3.63) is 67.7 Å². The van der Waals surface area contributed by atoms with Gasteiger partial charge in [0.2, 0.25) is 0 Å². The van der Waals surface area contributed by atoms with Gasteiger partial charge in [-0.2, -0.15) is 0 Å². The van der Waals surface area contributed by atoms with E-state index in [0.717, 1.165) is 52.3 Å². The molecule has 0 amide bonds. The molecule has 0 fully saturated rings. The van der Waals surface area contributed by atoms with Gasteiger partial charge in [0.05, 0.1) is 17.8 Å². The number of nitrogens with two attached hydrogens (primary N) is 1. The van der Waals surface area contributed by atoms with Crippen molar-refractivity contribution in [1.82, 2.24) is 4.98 Å². The molecule has 0 radical (unpaired) electrons. The number of halogens is 3. The van der Waals surface area contributed by atoms with Crippen LogP contribution in [0.3, 0.4) is 0 Å². The molecule has 7 heteroatoms. The van der Waals surface area contributed by atoms with Gasteiger partial charge < -0.3 is 10.5 Å². The van der Waals surface area contributed by atoms with Crippen LogP contribution in [0.4, 0.5) is 4.39 Å². The third-order valence-corrected chi connectivity index (χ3v) is 7.56. The Kier molecular flexibility index (Phi) is 9.56. The molecule has 0 aliphatic carbocycles. The standard InChI is InChI=1S/C27H30ClFN2OS.ClH/c1-7-9-10-21(19-12-11-16(3)23(29)14-19)27(30,8-2)26-31-25(18(5)33-26)20-13-17(4)24(32-6)15-22(20)28;/h2,11-15,21H,7,9-10,30H2,1,3-6H3;1H/t21-,27?;/m0./s1. The van der Waals surface area contributed by atoms with Crippen LogP contribution in [-0.2, 0) is 5.54 Å². The number of hydrogen-bond donors (Lipinski definition) is 1. The number of benzene rings is 2. The number of ether oxygens (including phenoxy) is 1. The Morgan fingerprint density at radius 3 is 2.53 bits per heavy atom. The molecule has 0 bridgehead atoms. The second-order valence-corrected chi connectivity index (χ2v) is 10.1. The lowest BCUT2D eigenvalue weighted by Gasteiger charge is -2.32. The Morgan fingerprint density at radius 2 is 1.94 bits per heavy atom. The number of aryl methyl sites for hydroxylation is 3. The van der Waals surface area contributed by atoms with E-state index in [1.807, 2.05) is 26.0 Å². The predicted molar refractivity (Wildman–Crippen MR) is 144 cm³/mol. The first-order valence-corrected chi connectivity index (χ1v) is 12.2. The van der Waals surface area contributed by atoms with Gasteiger partial charge in [-0.05, 0) is 62.1 Å². The SMILES string of the molecule is C#CC(N)(c1nc(-c2cc(C)c(OC)cc2Cl)c(C)s1)[C@@H](CCCC)c1ccc(C)c(F)c1.Cl. The highest BCUT2D eigenvalue weighted by Crippen LogP contribution is 2.44. The molecule has 0 spiro atoms. The molecule has 1 aromatic heterocycles. The zero-order valence-electron chi connectivity index (χ0n) is 20.2. The highest BCUT2D eigenvalue weighted by Gasteiger charge is 2.39. The van der Waals surface area contributed by atoms with Gasteiger partial charge in [0, 0.05) is 16.4 Å². The third kappa shape index (κ3) is 5.42. The summed E-state index contributed by atoms with van der Waals surface area (Å²) in [5.74, 6) is 3.01. The van der Waals surface area contributed by atoms with Crippen molar-refractivity contribution in [1.29, 1.82) is 0 Å². The smallest absolute Gasteiger partial charge is 0.136 e. The van der Waals surface area contributed by atoms with Crippen molar-refractivity contribution in [2.24, 2.45) is 5.73 Å². The van der Waals surface area contributed by atoms with E-state index in [1.54, 1.807) is 32.2 Å². The molecule has 0 saturated heterocycles. The molecule has 182 valence electrons. The van der Waals surface area contributed by atoms with Gasteiger partial charge in [-0.1, -0.05) is 49.4 Å². The minimum Gasteiger partial charge on any atom is -0.496 e. The third-order valence-electron chi connectivity index (χ3n) is 6.12. The predicted octanol–water partition coefficient (Wildman–Crippen LogP) is 7.72. The number of thiazole rings is 1. The zero-order chi connectivity index (χ0) is 24.3. The van der Waals surface area contributed by atoms with Crippen molar-refractivity contribution in [2.45, 2.75) is 58.4 Å². The second-order valence-electron chi connectivity index (χ2n) is 8.44. The minimum atomic E-state index is -1.18. The number of terminal acetylenes is 1. The normalized spacial score (nSPS) is 13.5. The Hall–Kier alpha value is -2.10. The molecule has 2 atom stereocenters. The van der Waals surface area contributed by atoms with Crippen molar-refractivity contribution >= 4 is 35.3 Å². The second kappa shape index (κ2) is 11.6. The lowest BCUT2D eigenvalue weighted by Crippen LogP contribution is -2.41. The van der Waals surface area contributed by atoms with Crippen LogP contribution in [0.5, 0.6) is 5.75 Å². The van der Waals surface area contributed by atoms with E-state index < -0.39 is 5.54 Å². The van der Waals surface area contributed by atoms with Crippen LogP contribution in [0.25, 0.3) is 11.3 Å². The maximum atomic E-state index is 14.5. The maximum Gasteiger partial charge on any atom is 0.136 e. The molecule has 0 aliphatic rings. The average Bonchev–Trinajstić information content (AvgIpc) is 3.19. The van der Waals surface area contributed by atoms with Crippen LogP contribution < -0.4 is 10.5 Å². The van der Waals surface area contributed by atoms with Crippen LogP contribution in [-0.4, -0.2) is 12.1 Å². The molecule has 1 heterocycles. The Balaban J connectivity index is 0.00000408. The average molecular weight is 522 g/mol. The van der Waals surface area contributed by atoms with E-state index in [-0.39, 0.29) is 24.1 Å². The first kappa shape index (κ1) is 28.1. The van der Waals surface area contributed by atoms with Gasteiger partial charge in [-0.3, -0.25) is 0 Å². The summed E-state index contributed by atoms with van der Waals surface area (Å²) in [6.45, 7) is 7.80. The van der Waals surface area contributed by atoms with Crippen LogP contribution in [0.2, 0.25) is 5.02 Å². The molecule has 3 nitrogen and oxygen atoms in total. The molecular weight excluding hydrogens is 490 g/mol. The highest BCUT2D eigenvalue weighted by atomic mass is 35.5. The summed E-state index contributed by atoms with van der Waals surface area (Å²) in [5, 5.41) is 1.17. The number of aromatic nitrogens is 1. The van der Waals surface area contributed by atoms with Gasteiger partial charge in [0.25, 0.3) is 0 Å². The van der Waals surface area contributed by atoms with Gasteiger partial charge in [0.15, 0.2) is 0 Å². The molecule has 34 heavy (non-hydrogen) atoms. The quantitative estimate of drug-likeness (QED) is 0.309. The van der Waals surface area contributed by atoms with Crippen molar-refractivity contribution < 1.29 is 9.13 Å². The molecule has 3 rings (SSSR count). The maximum absolute atomic E-state index is 14.5. The molecule has 2 N–H and O–H groups in total. The van der Waals surface area contributed by atoms with Crippen LogP contribution in [0.15, 0.2) is 30.3 Å². The summed E-state index contributed by atoms with van der Waals surface area (Å²) < 4.78 is 19.8. The van der Waals surface area contributed by atoms with E-state index in [4.69, 9.17) is 33.5 Å². The summed E-state index contributed by atoms with van der Waals surface area (Å²) >= 11 is 8.04. The van der Waals surface area contributed by atoms with E-state index in [1.165, 1.54) is 11.3 Å². The molecule has 0 saturated carbocycles. The summed E-state index contributed by atoms with van der Waals surface area (Å²) in [7, 11) is 1.62. The number of nitrogens with zero attached hydrogens (tertiary/aromatic N) is 1.